The standard InChI is InChI=1S/C34H23N3S/c1-3-10-22(11-4-1)27-21-28(23-12-5-2-6-13-23)36-34(35-27)37-19-18-26-32-24(14-9-16-29(32)37)20-31-33(26)25-15-7-8-17-30(25)38-31/h1-12,14-21,23H,13H2. The highest BCUT2D eigenvalue weighted by molar-refractivity contribution is 7.26. The summed E-state index contributed by atoms with van der Waals surface area (Å²) in [5.74, 6) is 0.937. The van der Waals surface area contributed by atoms with Gasteiger partial charge in [-0.1, -0.05) is 85.0 Å². The van der Waals surface area contributed by atoms with E-state index in [0.29, 0.717) is 5.95 Å². The number of fused-ring (bicyclic) bond motifs is 4. The number of allylic oxidation sites excluding steroid dienone is 4. The molecule has 0 radical (unpaired) electrons. The van der Waals surface area contributed by atoms with Crippen LogP contribution in [0.2, 0.25) is 0 Å². The lowest BCUT2D eigenvalue weighted by atomic mass is 9.95. The Kier molecular flexibility index (Phi) is 4.82. The number of benzene rings is 4. The van der Waals surface area contributed by atoms with Crippen LogP contribution in [0.25, 0.3) is 48.3 Å². The highest BCUT2D eigenvalue weighted by Crippen LogP contribution is 2.46. The molecule has 38 heavy (non-hydrogen) atoms. The molecule has 180 valence electrons. The number of aromatic nitrogens is 2. The second-order valence-corrected chi connectivity index (χ2v) is 10.9. The van der Waals surface area contributed by atoms with Gasteiger partial charge in [-0.3, -0.25) is 4.90 Å². The van der Waals surface area contributed by atoms with E-state index in [2.05, 4.69) is 120 Å². The normalized spacial score (nSPS) is 16.2. The third kappa shape index (κ3) is 3.34. The maximum absolute atomic E-state index is 5.15. The fraction of sp³-hybridized carbons (Fsp3) is 0.0588. The molecular formula is C34H23N3S. The third-order valence-corrected chi connectivity index (χ3v) is 8.67. The molecule has 0 saturated carbocycles. The van der Waals surface area contributed by atoms with E-state index in [1.54, 1.807) is 0 Å². The van der Waals surface area contributed by atoms with Crippen molar-refractivity contribution in [1.82, 2.24) is 9.97 Å². The first-order valence-electron chi connectivity index (χ1n) is 13.0. The molecule has 3 heterocycles. The first kappa shape index (κ1) is 21.5. The van der Waals surface area contributed by atoms with Gasteiger partial charge in [-0.05, 0) is 47.7 Å². The van der Waals surface area contributed by atoms with Crippen LogP contribution >= 0.6 is 11.3 Å². The predicted molar refractivity (Wildman–Crippen MR) is 161 cm³/mol. The van der Waals surface area contributed by atoms with Crippen LogP contribution in [0, 0.1) is 0 Å². The smallest absolute Gasteiger partial charge is 0.234 e. The van der Waals surface area contributed by atoms with Crippen LogP contribution < -0.4 is 4.90 Å². The number of hydrogen-bond donors (Lipinski definition) is 0. The van der Waals surface area contributed by atoms with Gasteiger partial charge in [0.05, 0.1) is 17.1 Å². The highest BCUT2D eigenvalue weighted by atomic mass is 32.1. The molecule has 4 heteroatoms. The van der Waals surface area contributed by atoms with Gasteiger partial charge < -0.3 is 0 Å². The predicted octanol–water partition coefficient (Wildman–Crippen LogP) is 9.39. The zero-order valence-corrected chi connectivity index (χ0v) is 21.4. The Morgan fingerprint density at radius 1 is 0.789 bits per heavy atom. The quantitative estimate of drug-likeness (QED) is 0.240. The van der Waals surface area contributed by atoms with Crippen LogP contribution in [0.1, 0.15) is 23.6 Å². The van der Waals surface area contributed by atoms with Crippen molar-refractivity contribution in [3.63, 3.8) is 0 Å². The van der Waals surface area contributed by atoms with E-state index >= 15 is 0 Å². The molecule has 1 atom stereocenters. The number of nitrogens with zero attached hydrogens (tertiary/aromatic N) is 3. The molecular weight excluding hydrogens is 482 g/mol. The van der Waals surface area contributed by atoms with Gasteiger partial charge in [0.25, 0.3) is 0 Å². The lowest BCUT2D eigenvalue weighted by Gasteiger charge is -2.26. The first-order chi connectivity index (χ1) is 18.8. The second-order valence-electron chi connectivity index (χ2n) is 9.82. The van der Waals surface area contributed by atoms with Gasteiger partial charge in [-0.15, -0.1) is 11.3 Å². The number of anilines is 2. The SMILES string of the molecule is C1=CCC(c2cc(-c3ccccc3)nc(N3C=Cc4c5c3cccc5cc3sc5ccccc5c43)n2)C=C1. The van der Waals surface area contributed by atoms with E-state index in [9.17, 15) is 0 Å². The van der Waals surface area contributed by atoms with E-state index in [4.69, 9.17) is 9.97 Å². The van der Waals surface area contributed by atoms with Crippen molar-refractivity contribution >= 4 is 60.0 Å². The molecule has 8 rings (SSSR count). The van der Waals surface area contributed by atoms with E-state index < -0.39 is 0 Å². The molecule has 1 aliphatic heterocycles. The minimum absolute atomic E-state index is 0.234. The van der Waals surface area contributed by atoms with Crippen LogP contribution in [0.4, 0.5) is 11.6 Å². The van der Waals surface area contributed by atoms with Gasteiger partial charge in [-0.25, -0.2) is 9.97 Å². The Hall–Kier alpha value is -4.54. The molecule has 0 spiro atoms. The Morgan fingerprint density at radius 2 is 1.68 bits per heavy atom. The second kappa shape index (κ2) is 8.51. The zero-order valence-electron chi connectivity index (χ0n) is 20.6. The number of rotatable bonds is 3. The summed E-state index contributed by atoms with van der Waals surface area (Å²) in [6, 6.07) is 30.2. The first-order valence-corrected chi connectivity index (χ1v) is 13.8. The average Bonchev–Trinajstić information content (AvgIpc) is 3.36. The molecule has 0 amide bonds. The van der Waals surface area contributed by atoms with E-state index in [1.807, 2.05) is 17.4 Å². The van der Waals surface area contributed by atoms with Gasteiger partial charge in [0.15, 0.2) is 0 Å². The number of thiophene rings is 1. The molecule has 2 aliphatic rings. The van der Waals surface area contributed by atoms with Crippen LogP contribution in [0.3, 0.4) is 0 Å². The summed E-state index contributed by atoms with van der Waals surface area (Å²) in [4.78, 5) is 12.4. The summed E-state index contributed by atoms with van der Waals surface area (Å²) in [5, 5.41) is 5.15. The summed E-state index contributed by atoms with van der Waals surface area (Å²) in [6.45, 7) is 0. The highest BCUT2D eigenvalue weighted by Gasteiger charge is 2.24. The van der Waals surface area contributed by atoms with Crippen LogP contribution in [-0.2, 0) is 0 Å². The zero-order chi connectivity index (χ0) is 25.1. The van der Waals surface area contributed by atoms with Crippen molar-refractivity contribution in [3.05, 3.63) is 127 Å². The lowest BCUT2D eigenvalue weighted by Crippen LogP contribution is -2.17. The lowest BCUT2D eigenvalue weighted by molar-refractivity contribution is 0.807. The summed E-state index contributed by atoms with van der Waals surface area (Å²) in [7, 11) is 0. The molecule has 2 aromatic heterocycles. The van der Waals surface area contributed by atoms with Gasteiger partial charge in [0, 0.05) is 43.2 Å². The topological polar surface area (TPSA) is 29.0 Å². The Labute approximate surface area is 224 Å². The van der Waals surface area contributed by atoms with Crippen molar-refractivity contribution in [2.75, 3.05) is 4.90 Å². The maximum atomic E-state index is 5.15. The average molecular weight is 506 g/mol. The molecule has 4 aromatic carbocycles. The minimum atomic E-state index is 0.234. The van der Waals surface area contributed by atoms with Gasteiger partial charge in [-0.2, -0.15) is 0 Å². The fourth-order valence-corrected chi connectivity index (χ4v) is 6.93. The Bertz CT molecular complexity index is 1960. The molecule has 3 nitrogen and oxygen atoms in total. The van der Waals surface area contributed by atoms with Gasteiger partial charge >= 0.3 is 0 Å². The van der Waals surface area contributed by atoms with E-state index in [-0.39, 0.29) is 5.92 Å². The van der Waals surface area contributed by atoms with Crippen molar-refractivity contribution < 1.29 is 0 Å². The summed E-state index contributed by atoms with van der Waals surface area (Å²) in [5.41, 5.74) is 5.48. The van der Waals surface area contributed by atoms with E-state index in [0.717, 1.165) is 29.1 Å². The van der Waals surface area contributed by atoms with Crippen molar-refractivity contribution in [1.29, 1.82) is 0 Å². The Morgan fingerprint density at radius 3 is 2.58 bits per heavy atom. The minimum Gasteiger partial charge on any atom is -0.285 e. The maximum Gasteiger partial charge on any atom is 0.234 e. The molecule has 1 aliphatic carbocycles. The van der Waals surface area contributed by atoms with Gasteiger partial charge in [0.2, 0.25) is 5.95 Å². The Balaban J connectivity index is 1.35. The molecule has 6 aromatic rings. The van der Waals surface area contributed by atoms with Crippen molar-refractivity contribution in [3.8, 4) is 11.3 Å². The van der Waals surface area contributed by atoms with Crippen LogP contribution in [0.15, 0.2) is 115 Å². The molecule has 0 fully saturated rings. The molecule has 1 unspecified atom stereocenters. The number of hydrogen-bond acceptors (Lipinski definition) is 4. The summed E-state index contributed by atoms with van der Waals surface area (Å²) < 4.78 is 2.65. The summed E-state index contributed by atoms with van der Waals surface area (Å²) in [6.07, 6.45) is 14.0. The largest absolute Gasteiger partial charge is 0.285 e. The van der Waals surface area contributed by atoms with Crippen molar-refractivity contribution in [2.45, 2.75) is 12.3 Å². The van der Waals surface area contributed by atoms with Crippen molar-refractivity contribution in [2.24, 2.45) is 0 Å². The fourth-order valence-electron chi connectivity index (χ4n) is 5.76. The van der Waals surface area contributed by atoms with E-state index in [1.165, 1.54) is 36.5 Å². The molecule has 0 N–H and O–H groups in total. The van der Waals surface area contributed by atoms with Crippen LogP contribution in [-0.4, -0.2) is 9.97 Å². The van der Waals surface area contributed by atoms with Crippen LogP contribution in [0.5, 0.6) is 0 Å². The third-order valence-electron chi connectivity index (χ3n) is 7.55. The monoisotopic (exact) mass is 505 g/mol. The molecule has 0 saturated heterocycles. The van der Waals surface area contributed by atoms with Gasteiger partial charge in [0.1, 0.15) is 0 Å². The molecule has 0 bridgehead atoms. The summed E-state index contributed by atoms with van der Waals surface area (Å²) >= 11 is 1.87.